The smallest absolute Gasteiger partial charge is 0.492 e. The van der Waals surface area contributed by atoms with Crippen molar-refractivity contribution < 1.29 is 24.3 Å². The van der Waals surface area contributed by atoms with Crippen LogP contribution in [0.5, 0.6) is 5.75 Å². The molecule has 5 nitrogen and oxygen atoms in total. The zero-order valence-electron chi connectivity index (χ0n) is 13.2. The van der Waals surface area contributed by atoms with Crippen molar-refractivity contribution in [2.24, 2.45) is 0 Å². The highest BCUT2D eigenvalue weighted by Crippen LogP contribution is 2.14. The highest BCUT2D eigenvalue weighted by Gasteiger charge is 2.19. The van der Waals surface area contributed by atoms with Gasteiger partial charge in [0.15, 0.2) is 0 Å². The van der Waals surface area contributed by atoms with E-state index in [0.717, 1.165) is 5.56 Å². The average Bonchev–Trinajstić information content (AvgIpc) is 2.54. The SMILES string of the molecule is COC(=O)c1ccc(B(O)O)c(OCCc2cccc(C)c2)c1. The van der Waals surface area contributed by atoms with E-state index in [1.165, 1.54) is 30.9 Å². The van der Waals surface area contributed by atoms with Crippen LogP contribution in [0, 0.1) is 6.92 Å². The second kappa shape index (κ2) is 7.81. The zero-order chi connectivity index (χ0) is 16.8. The van der Waals surface area contributed by atoms with Gasteiger partial charge in [0.05, 0.1) is 19.3 Å². The van der Waals surface area contributed by atoms with Gasteiger partial charge in [-0.25, -0.2) is 4.79 Å². The molecule has 0 aliphatic carbocycles. The van der Waals surface area contributed by atoms with E-state index in [2.05, 4.69) is 10.8 Å². The molecule has 0 aliphatic heterocycles. The highest BCUT2D eigenvalue weighted by atomic mass is 16.5. The monoisotopic (exact) mass is 314 g/mol. The predicted octanol–water partition coefficient (Wildman–Crippen LogP) is 1.08. The number of hydrogen-bond donors (Lipinski definition) is 2. The standard InChI is InChI=1S/C17H19BO5/c1-12-4-3-5-13(10-12)8-9-23-16-11-14(17(19)22-2)6-7-15(16)18(20)21/h3-7,10-11,20-21H,8-9H2,1-2H3. The van der Waals surface area contributed by atoms with Crippen LogP contribution < -0.4 is 10.2 Å². The number of hydrogen-bond acceptors (Lipinski definition) is 5. The molecule has 2 aromatic carbocycles. The first-order chi connectivity index (χ1) is 11.0. The summed E-state index contributed by atoms with van der Waals surface area (Å²) in [4.78, 5) is 11.6. The molecule has 0 radical (unpaired) electrons. The van der Waals surface area contributed by atoms with Crippen LogP contribution in [0.3, 0.4) is 0 Å². The lowest BCUT2D eigenvalue weighted by Crippen LogP contribution is -2.32. The largest absolute Gasteiger partial charge is 0.494 e. The molecule has 2 rings (SSSR count). The summed E-state index contributed by atoms with van der Waals surface area (Å²) in [5.41, 5.74) is 2.80. The molecule has 0 unspecified atom stereocenters. The van der Waals surface area contributed by atoms with Crippen LogP contribution in [0.25, 0.3) is 0 Å². The maximum absolute atomic E-state index is 11.6. The van der Waals surface area contributed by atoms with Crippen LogP contribution in [0.2, 0.25) is 0 Å². The first-order valence-electron chi connectivity index (χ1n) is 7.28. The van der Waals surface area contributed by atoms with Gasteiger partial charge in [0.25, 0.3) is 0 Å². The van der Waals surface area contributed by atoms with Gasteiger partial charge in [0.1, 0.15) is 5.75 Å². The Hall–Kier alpha value is -2.31. The van der Waals surface area contributed by atoms with Gasteiger partial charge in [0, 0.05) is 11.9 Å². The van der Waals surface area contributed by atoms with E-state index >= 15 is 0 Å². The molecular formula is C17H19BO5. The quantitative estimate of drug-likeness (QED) is 0.616. The summed E-state index contributed by atoms with van der Waals surface area (Å²) in [5.74, 6) is -0.247. The number of carbonyl (C=O) groups is 1. The Morgan fingerprint density at radius 1 is 1.17 bits per heavy atom. The topological polar surface area (TPSA) is 76.0 Å². The van der Waals surface area contributed by atoms with Crippen molar-refractivity contribution >= 4 is 18.6 Å². The van der Waals surface area contributed by atoms with Crippen LogP contribution >= 0.6 is 0 Å². The Morgan fingerprint density at radius 2 is 1.96 bits per heavy atom. The average molecular weight is 314 g/mol. The second-order valence-electron chi connectivity index (χ2n) is 5.21. The summed E-state index contributed by atoms with van der Waals surface area (Å²) in [5, 5.41) is 18.8. The van der Waals surface area contributed by atoms with Gasteiger partial charge in [-0.2, -0.15) is 0 Å². The molecule has 120 valence electrons. The van der Waals surface area contributed by atoms with Gasteiger partial charge < -0.3 is 19.5 Å². The first-order valence-corrected chi connectivity index (χ1v) is 7.28. The molecular weight excluding hydrogens is 295 g/mol. The number of aryl methyl sites for hydroxylation is 1. The number of methoxy groups -OCH3 is 1. The van der Waals surface area contributed by atoms with Gasteiger partial charge in [-0.3, -0.25) is 0 Å². The Bertz CT molecular complexity index is 684. The molecule has 0 fully saturated rings. The Kier molecular flexibility index (Phi) is 5.79. The van der Waals surface area contributed by atoms with Crippen molar-refractivity contribution in [1.29, 1.82) is 0 Å². The summed E-state index contributed by atoms with van der Waals surface area (Å²) in [7, 11) is -0.384. The molecule has 0 aliphatic rings. The summed E-state index contributed by atoms with van der Waals surface area (Å²) in [6.45, 7) is 2.37. The molecule has 6 heteroatoms. The van der Waals surface area contributed by atoms with E-state index in [0.29, 0.717) is 18.6 Å². The first kappa shape index (κ1) is 17.1. The third-order valence-corrected chi connectivity index (χ3v) is 3.44. The minimum Gasteiger partial charge on any atom is -0.494 e. The molecule has 2 aromatic rings. The van der Waals surface area contributed by atoms with E-state index in [4.69, 9.17) is 4.74 Å². The molecule has 23 heavy (non-hydrogen) atoms. The molecule has 2 N–H and O–H groups in total. The molecule has 0 saturated carbocycles. The molecule has 0 spiro atoms. The molecule has 0 aromatic heterocycles. The van der Waals surface area contributed by atoms with E-state index in [1.807, 2.05) is 25.1 Å². The van der Waals surface area contributed by atoms with Crippen molar-refractivity contribution in [3.05, 3.63) is 59.2 Å². The maximum atomic E-state index is 11.6. The summed E-state index contributed by atoms with van der Waals surface area (Å²) >= 11 is 0. The van der Waals surface area contributed by atoms with Crippen LogP contribution in [-0.2, 0) is 11.2 Å². The lowest BCUT2D eigenvalue weighted by Gasteiger charge is -2.12. The number of rotatable bonds is 6. The summed E-state index contributed by atoms with van der Waals surface area (Å²) in [6.07, 6.45) is 0.672. The van der Waals surface area contributed by atoms with E-state index in [9.17, 15) is 14.8 Å². The second-order valence-corrected chi connectivity index (χ2v) is 5.21. The number of esters is 1. The van der Waals surface area contributed by atoms with Crippen LogP contribution in [-0.4, -0.2) is 36.9 Å². The molecule has 0 heterocycles. The number of benzene rings is 2. The van der Waals surface area contributed by atoms with Crippen molar-refractivity contribution in [1.82, 2.24) is 0 Å². The minimum atomic E-state index is -1.67. The number of carbonyl (C=O) groups excluding carboxylic acids is 1. The molecule has 0 saturated heterocycles. The molecule has 0 amide bonds. The Balaban J connectivity index is 2.11. The van der Waals surface area contributed by atoms with Crippen molar-refractivity contribution in [2.75, 3.05) is 13.7 Å². The van der Waals surface area contributed by atoms with Crippen LogP contribution in [0.4, 0.5) is 0 Å². The highest BCUT2D eigenvalue weighted by molar-refractivity contribution is 6.59. The van der Waals surface area contributed by atoms with Crippen molar-refractivity contribution in [3.63, 3.8) is 0 Å². The molecule has 0 atom stereocenters. The van der Waals surface area contributed by atoms with Gasteiger partial charge in [-0.15, -0.1) is 0 Å². The van der Waals surface area contributed by atoms with Crippen LogP contribution in [0.15, 0.2) is 42.5 Å². The fourth-order valence-electron chi connectivity index (χ4n) is 2.26. The van der Waals surface area contributed by atoms with Crippen LogP contribution in [0.1, 0.15) is 21.5 Å². The van der Waals surface area contributed by atoms with Crippen molar-refractivity contribution in [2.45, 2.75) is 13.3 Å². The van der Waals surface area contributed by atoms with E-state index in [1.54, 1.807) is 0 Å². The number of ether oxygens (including phenoxy) is 2. The third-order valence-electron chi connectivity index (χ3n) is 3.44. The minimum absolute atomic E-state index is 0.210. The fourth-order valence-corrected chi connectivity index (χ4v) is 2.26. The lowest BCUT2D eigenvalue weighted by atomic mass is 9.79. The molecule has 0 bridgehead atoms. The Labute approximate surface area is 135 Å². The fraction of sp³-hybridized carbons (Fsp3) is 0.235. The maximum Gasteiger partial charge on any atom is 0.492 e. The normalized spacial score (nSPS) is 10.3. The zero-order valence-corrected chi connectivity index (χ0v) is 13.2. The van der Waals surface area contributed by atoms with E-state index < -0.39 is 13.1 Å². The summed E-state index contributed by atoms with van der Waals surface area (Å²) in [6, 6.07) is 12.4. The lowest BCUT2D eigenvalue weighted by molar-refractivity contribution is 0.0600. The van der Waals surface area contributed by atoms with Gasteiger partial charge in [-0.1, -0.05) is 35.9 Å². The van der Waals surface area contributed by atoms with E-state index in [-0.39, 0.29) is 11.2 Å². The third kappa shape index (κ3) is 4.58. The predicted molar refractivity (Wildman–Crippen MR) is 88.0 cm³/mol. The van der Waals surface area contributed by atoms with Crippen molar-refractivity contribution in [3.8, 4) is 5.75 Å². The van der Waals surface area contributed by atoms with Gasteiger partial charge in [-0.05, 0) is 24.6 Å². The summed E-state index contributed by atoms with van der Waals surface area (Å²) < 4.78 is 10.3. The van der Waals surface area contributed by atoms with Gasteiger partial charge >= 0.3 is 13.1 Å². The van der Waals surface area contributed by atoms with Gasteiger partial charge in [0.2, 0.25) is 0 Å². The Morgan fingerprint density at radius 3 is 2.61 bits per heavy atom.